The maximum absolute atomic E-state index is 12.6. The van der Waals surface area contributed by atoms with Crippen molar-refractivity contribution in [2.24, 2.45) is 0 Å². The number of nitrogens with zero attached hydrogens (tertiary/aromatic N) is 2. The number of fused-ring (bicyclic) bond motifs is 2. The number of nitro benzene ring substituents is 1. The van der Waals surface area contributed by atoms with E-state index in [9.17, 15) is 14.9 Å². The van der Waals surface area contributed by atoms with Gasteiger partial charge in [-0.25, -0.2) is 0 Å². The van der Waals surface area contributed by atoms with Crippen LogP contribution in [0.5, 0.6) is 0 Å². The number of hydrogen-bond acceptors (Lipinski definition) is 4. The molecule has 120 valence electrons. The quantitative estimate of drug-likeness (QED) is 0.640. The van der Waals surface area contributed by atoms with Gasteiger partial charge in [-0.3, -0.25) is 19.9 Å². The molecular formula is C19H16N2O3. The van der Waals surface area contributed by atoms with Crippen molar-refractivity contribution in [3.63, 3.8) is 0 Å². The molecule has 4 rings (SSSR count). The molecule has 2 aliphatic carbocycles. The fourth-order valence-corrected chi connectivity index (χ4v) is 3.90. The fourth-order valence-electron chi connectivity index (χ4n) is 3.90. The van der Waals surface area contributed by atoms with E-state index in [1.165, 1.54) is 0 Å². The summed E-state index contributed by atoms with van der Waals surface area (Å²) in [5, 5.41) is 11.4. The van der Waals surface area contributed by atoms with Crippen molar-refractivity contribution in [2.45, 2.75) is 31.1 Å². The lowest BCUT2D eigenvalue weighted by Crippen LogP contribution is -2.39. The van der Waals surface area contributed by atoms with Crippen molar-refractivity contribution in [2.75, 3.05) is 0 Å². The fraction of sp³-hybridized carbons (Fsp3) is 0.263. The summed E-state index contributed by atoms with van der Waals surface area (Å²) < 4.78 is 0. The van der Waals surface area contributed by atoms with Gasteiger partial charge >= 0.3 is 0 Å². The second kappa shape index (κ2) is 5.09. The number of nitro groups is 1. The Morgan fingerprint density at radius 1 is 1.33 bits per heavy atom. The van der Waals surface area contributed by atoms with Gasteiger partial charge in [0, 0.05) is 36.5 Å². The van der Waals surface area contributed by atoms with Crippen LogP contribution in [0.2, 0.25) is 0 Å². The number of ketones is 1. The lowest BCUT2D eigenvalue weighted by Gasteiger charge is -2.37. The first-order valence-corrected chi connectivity index (χ1v) is 7.98. The number of Topliss-reactive ketones (excluding diaryl/α,β-unsaturated/α-hetero) is 1. The normalized spacial score (nSPS) is 17.4. The highest BCUT2D eigenvalue weighted by Crippen LogP contribution is 2.52. The molecule has 1 heterocycles. The van der Waals surface area contributed by atoms with E-state index >= 15 is 0 Å². The molecule has 5 nitrogen and oxygen atoms in total. The number of hydrogen-bond donors (Lipinski definition) is 0. The third kappa shape index (κ3) is 1.94. The van der Waals surface area contributed by atoms with E-state index in [1.54, 1.807) is 30.6 Å². The van der Waals surface area contributed by atoms with E-state index in [-0.39, 0.29) is 11.5 Å². The minimum absolute atomic E-state index is 0.0229. The molecule has 0 N–H and O–H groups in total. The highest BCUT2D eigenvalue weighted by atomic mass is 16.6. The van der Waals surface area contributed by atoms with Crippen molar-refractivity contribution in [1.29, 1.82) is 0 Å². The second-order valence-corrected chi connectivity index (χ2v) is 6.53. The molecule has 5 heteroatoms. The van der Waals surface area contributed by atoms with Crippen molar-refractivity contribution >= 4 is 17.0 Å². The SMILES string of the molecule is C=C(c1cccnc1)c1cc([N+](=O)[O-])cc2c1CC(=O)C21CCC1. The van der Waals surface area contributed by atoms with E-state index in [4.69, 9.17) is 0 Å². The predicted molar refractivity (Wildman–Crippen MR) is 89.7 cm³/mol. The maximum atomic E-state index is 12.6. The summed E-state index contributed by atoms with van der Waals surface area (Å²) in [5.41, 5.74) is 3.45. The van der Waals surface area contributed by atoms with Gasteiger partial charge < -0.3 is 0 Å². The van der Waals surface area contributed by atoms with Crippen LogP contribution in [0.15, 0.2) is 43.2 Å². The molecule has 1 spiro atoms. The standard InChI is InChI=1S/C19H16N2O3/c1-12(13-4-2-7-20-11-13)15-8-14(21(23)24)9-17-16(15)10-18(22)19(17)5-3-6-19/h2,4,7-9,11H,1,3,5-6,10H2. The zero-order valence-electron chi connectivity index (χ0n) is 13.1. The van der Waals surface area contributed by atoms with Crippen LogP contribution in [0, 0.1) is 10.1 Å². The molecule has 0 saturated heterocycles. The van der Waals surface area contributed by atoms with Crippen LogP contribution in [0.4, 0.5) is 5.69 Å². The minimum atomic E-state index is -0.495. The van der Waals surface area contributed by atoms with Gasteiger partial charge in [0.25, 0.3) is 5.69 Å². The van der Waals surface area contributed by atoms with E-state index in [0.717, 1.165) is 36.0 Å². The third-order valence-corrected chi connectivity index (χ3v) is 5.37. The Hall–Kier alpha value is -2.82. The highest BCUT2D eigenvalue weighted by Gasteiger charge is 2.51. The summed E-state index contributed by atoms with van der Waals surface area (Å²) in [6, 6.07) is 6.81. The lowest BCUT2D eigenvalue weighted by molar-refractivity contribution is -0.385. The predicted octanol–water partition coefficient (Wildman–Crippen LogP) is 3.60. The summed E-state index contributed by atoms with van der Waals surface area (Å²) in [4.78, 5) is 27.7. The van der Waals surface area contributed by atoms with Gasteiger partial charge in [0.05, 0.1) is 10.3 Å². The van der Waals surface area contributed by atoms with Crippen molar-refractivity contribution in [3.05, 3.63) is 75.6 Å². The van der Waals surface area contributed by atoms with Crippen molar-refractivity contribution < 1.29 is 9.72 Å². The summed E-state index contributed by atoms with van der Waals surface area (Å²) in [6.07, 6.45) is 6.26. The zero-order valence-corrected chi connectivity index (χ0v) is 13.1. The number of non-ortho nitro benzene ring substituents is 1. The average Bonchev–Trinajstić information content (AvgIpc) is 2.85. The van der Waals surface area contributed by atoms with Crippen molar-refractivity contribution in [3.8, 4) is 0 Å². The van der Waals surface area contributed by atoms with Gasteiger partial charge in [0.1, 0.15) is 5.78 Å². The zero-order chi connectivity index (χ0) is 16.9. The Kier molecular flexibility index (Phi) is 3.13. The molecule has 0 bridgehead atoms. The van der Waals surface area contributed by atoms with Crippen LogP contribution in [-0.4, -0.2) is 15.7 Å². The van der Waals surface area contributed by atoms with Crippen molar-refractivity contribution in [1.82, 2.24) is 4.98 Å². The van der Waals surface area contributed by atoms with Gasteiger partial charge in [0.2, 0.25) is 0 Å². The van der Waals surface area contributed by atoms with Crippen LogP contribution in [0.25, 0.3) is 5.57 Å². The molecular weight excluding hydrogens is 304 g/mol. The largest absolute Gasteiger partial charge is 0.298 e. The second-order valence-electron chi connectivity index (χ2n) is 6.53. The van der Waals surface area contributed by atoms with Gasteiger partial charge in [-0.2, -0.15) is 0 Å². The molecule has 1 aromatic heterocycles. The average molecular weight is 320 g/mol. The van der Waals surface area contributed by atoms with Gasteiger partial charge in [-0.1, -0.05) is 19.1 Å². The number of aromatic nitrogens is 1. The van der Waals surface area contributed by atoms with Gasteiger partial charge in [-0.05, 0) is 41.2 Å². The molecule has 0 radical (unpaired) electrons. The van der Waals surface area contributed by atoms with Gasteiger partial charge in [-0.15, -0.1) is 0 Å². The van der Waals surface area contributed by atoms with E-state index in [1.807, 2.05) is 6.07 Å². The van der Waals surface area contributed by atoms with Crippen LogP contribution in [0.3, 0.4) is 0 Å². The molecule has 2 aromatic rings. The Morgan fingerprint density at radius 3 is 2.71 bits per heavy atom. The molecule has 0 aliphatic heterocycles. The van der Waals surface area contributed by atoms with Crippen LogP contribution in [0.1, 0.15) is 41.5 Å². The molecule has 24 heavy (non-hydrogen) atoms. The Morgan fingerprint density at radius 2 is 2.12 bits per heavy atom. The molecule has 1 saturated carbocycles. The minimum Gasteiger partial charge on any atom is -0.298 e. The summed E-state index contributed by atoms with van der Waals surface area (Å²) in [5.74, 6) is 0.185. The lowest BCUT2D eigenvalue weighted by atomic mass is 9.64. The molecule has 0 atom stereocenters. The Labute approximate surface area is 139 Å². The monoisotopic (exact) mass is 320 g/mol. The third-order valence-electron chi connectivity index (χ3n) is 5.37. The highest BCUT2D eigenvalue weighted by molar-refractivity contribution is 6.00. The summed E-state index contributed by atoms with van der Waals surface area (Å²) in [7, 11) is 0. The van der Waals surface area contributed by atoms with E-state index in [0.29, 0.717) is 17.6 Å². The molecule has 2 aliphatic rings. The first kappa shape index (κ1) is 14.8. The number of carbonyl (C=O) groups is 1. The van der Waals surface area contributed by atoms with E-state index < -0.39 is 10.3 Å². The molecule has 1 fully saturated rings. The molecule has 1 aromatic carbocycles. The van der Waals surface area contributed by atoms with Crippen LogP contribution < -0.4 is 0 Å². The topological polar surface area (TPSA) is 73.1 Å². The van der Waals surface area contributed by atoms with Gasteiger partial charge in [0.15, 0.2) is 0 Å². The number of benzene rings is 1. The maximum Gasteiger partial charge on any atom is 0.270 e. The first-order valence-electron chi connectivity index (χ1n) is 7.98. The molecule has 0 unspecified atom stereocenters. The van der Waals surface area contributed by atoms with Crippen LogP contribution in [-0.2, 0) is 16.6 Å². The summed E-state index contributed by atoms with van der Waals surface area (Å²) >= 11 is 0. The smallest absolute Gasteiger partial charge is 0.270 e. The molecule has 0 amide bonds. The Bertz CT molecular complexity index is 883. The number of rotatable bonds is 3. The number of carbonyl (C=O) groups excluding carboxylic acids is 1. The number of pyridine rings is 1. The Balaban J connectivity index is 1.92. The van der Waals surface area contributed by atoms with Crippen LogP contribution >= 0.6 is 0 Å². The summed E-state index contributed by atoms with van der Waals surface area (Å²) in [6.45, 7) is 4.12. The first-order chi connectivity index (χ1) is 11.5. The van der Waals surface area contributed by atoms with E-state index in [2.05, 4.69) is 11.6 Å².